The number of benzene rings is 2. The van der Waals surface area contributed by atoms with Gasteiger partial charge in [0.05, 0.1) is 10.7 Å². The molecule has 0 fully saturated rings. The minimum atomic E-state index is -0.809. The number of anilines is 1. The summed E-state index contributed by atoms with van der Waals surface area (Å²) in [5.74, 6) is -1.20. The van der Waals surface area contributed by atoms with Crippen molar-refractivity contribution < 1.29 is 13.6 Å². The summed E-state index contributed by atoms with van der Waals surface area (Å²) in [6, 6.07) is 8.55. The summed E-state index contributed by atoms with van der Waals surface area (Å²) >= 11 is 5.88. The molecule has 1 heterocycles. The third-order valence-corrected chi connectivity index (χ3v) is 3.74. The highest BCUT2D eigenvalue weighted by atomic mass is 35.5. The van der Waals surface area contributed by atoms with Crippen LogP contribution in [0, 0.1) is 11.6 Å². The average molecular weight is 364 g/mol. The van der Waals surface area contributed by atoms with Crippen molar-refractivity contribution in [2.75, 3.05) is 5.32 Å². The van der Waals surface area contributed by atoms with Crippen LogP contribution >= 0.6 is 11.6 Å². The summed E-state index contributed by atoms with van der Waals surface area (Å²) in [6.45, 7) is 1.56. The van der Waals surface area contributed by atoms with E-state index < -0.39 is 23.6 Å². The van der Waals surface area contributed by atoms with Gasteiger partial charge in [0.1, 0.15) is 17.7 Å². The molecular weight excluding hydrogens is 352 g/mol. The number of nitrogens with one attached hydrogen (secondary N) is 1. The fourth-order valence-corrected chi connectivity index (χ4v) is 2.28. The summed E-state index contributed by atoms with van der Waals surface area (Å²) in [5.41, 5.74) is 0.714. The van der Waals surface area contributed by atoms with Crippen LogP contribution in [0.4, 0.5) is 14.5 Å². The number of hydrogen-bond donors (Lipinski definition) is 1. The Balaban J connectivity index is 1.76. The summed E-state index contributed by atoms with van der Waals surface area (Å²) < 4.78 is 26.3. The Morgan fingerprint density at radius 2 is 1.96 bits per heavy atom. The first-order chi connectivity index (χ1) is 11.9. The molecule has 128 valence electrons. The van der Waals surface area contributed by atoms with Gasteiger partial charge in [0.25, 0.3) is 5.91 Å². The molecule has 0 spiro atoms. The van der Waals surface area contributed by atoms with Crippen LogP contribution in [-0.2, 0) is 4.79 Å². The zero-order valence-corrected chi connectivity index (χ0v) is 13.7. The second-order valence-electron chi connectivity index (χ2n) is 5.23. The van der Waals surface area contributed by atoms with Gasteiger partial charge in [0.15, 0.2) is 0 Å². The van der Waals surface area contributed by atoms with E-state index in [1.165, 1.54) is 30.3 Å². The molecule has 3 aromatic rings. The molecule has 1 atom stereocenters. The highest BCUT2D eigenvalue weighted by Crippen LogP contribution is 2.23. The molecule has 0 radical (unpaired) electrons. The van der Waals surface area contributed by atoms with E-state index >= 15 is 0 Å². The number of carbonyl (C=O) groups is 1. The quantitative estimate of drug-likeness (QED) is 0.770. The largest absolute Gasteiger partial charge is 0.323 e. The fraction of sp³-hybridized carbons (Fsp3) is 0.125. The van der Waals surface area contributed by atoms with Crippen molar-refractivity contribution in [3.05, 3.63) is 59.1 Å². The molecule has 25 heavy (non-hydrogen) atoms. The maximum Gasteiger partial charge on any atom is 0.250 e. The lowest BCUT2D eigenvalue weighted by Crippen LogP contribution is -2.25. The Morgan fingerprint density at radius 1 is 1.20 bits per heavy atom. The molecule has 0 aliphatic carbocycles. The van der Waals surface area contributed by atoms with Gasteiger partial charge in [-0.25, -0.2) is 8.78 Å². The van der Waals surface area contributed by atoms with Crippen molar-refractivity contribution in [2.45, 2.75) is 13.0 Å². The zero-order chi connectivity index (χ0) is 18.0. The first kappa shape index (κ1) is 17.0. The van der Waals surface area contributed by atoms with E-state index in [9.17, 15) is 13.6 Å². The molecule has 0 unspecified atom stereocenters. The molecule has 1 aromatic heterocycles. The van der Waals surface area contributed by atoms with Gasteiger partial charge in [-0.05, 0) is 42.5 Å². The third kappa shape index (κ3) is 3.80. The van der Waals surface area contributed by atoms with Crippen molar-refractivity contribution in [3.63, 3.8) is 0 Å². The monoisotopic (exact) mass is 363 g/mol. The molecule has 9 heteroatoms. The summed E-state index contributed by atoms with van der Waals surface area (Å²) in [7, 11) is 0. The SMILES string of the molecule is C[C@H](C(=O)Nc1ccc(F)cc1Cl)n1nnc(-c2cccc(F)c2)n1. The fourth-order valence-electron chi connectivity index (χ4n) is 2.07. The maximum atomic E-state index is 13.3. The van der Waals surface area contributed by atoms with Crippen LogP contribution in [0.3, 0.4) is 0 Å². The zero-order valence-electron chi connectivity index (χ0n) is 12.9. The Labute approximate surface area is 146 Å². The Bertz CT molecular complexity index is 930. The van der Waals surface area contributed by atoms with Crippen molar-refractivity contribution >= 4 is 23.2 Å². The lowest BCUT2D eigenvalue weighted by atomic mass is 10.2. The number of tetrazole rings is 1. The normalized spacial score (nSPS) is 12.0. The molecular formula is C16H12ClF2N5O. The minimum absolute atomic E-state index is 0.0764. The van der Waals surface area contributed by atoms with E-state index in [0.717, 1.165) is 10.9 Å². The highest BCUT2D eigenvalue weighted by molar-refractivity contribution is 6.33. The predicted molar refractivity (Wildman–Crippen MR) is 88.0 cm³/mol. The van der Waals surface area contributed by atoms with E-state index in [0.29, 0.717) is 5.56 Å². The molecule has 1 N–H and O–H groups in total. The molecule has 0 aliphatic heterocycles. The summed E-state index contributed by atoms with van der Waals surface area (Å²) in [4.78, 5) is 13.4. The van der Waals surface area contributed by atoms with Crippen molar-refractivity contribution in [2.24, 2.45) is 0 Å². The molecule has 2 aromatic carbocycles. The molecule has 0 saturated carbocycles. The van der Waals surface area contributed by atoms with E-state index in [2.05, 4.69) is 20.7 Å². The smallest absolute Gasteiger partial charge is 0.250 e. The van der Waals surface area contributed by atoms with Gasteiger partial charge < -0.3 is 5.32 Å². The summed E-state index contributed by atoms with van der Waals surface area (Å²) in [5, 5.41) is 14.4. The van der Waals surface area contributed by atoms with Gasteiger partial charge in [-0.1, -0.05) is 23.7 Å². The van der Waals surface area contributed by atoms with Crippen LogP contribution in [0.25, 0.3) is 11.4 Å². The van der Waals surface area contributed by atoms with Crippen molar-refractivity contribution in [3.8, 4) is 11.4 Å². The molecule has 1 amide bonds. The molecule has 0 aliphatic rings. The van der Waals surface area contributed by atoms with E-state index in [-0.39, 0.29) is 16.5 Å². The lowest BCUT2D eigenvalue weighted by Gasteiger charge is -2.11. The number of nitrogens with zero attached hydrogens (tertiary/aromatic N) is 4. The Morgan fingerprint density at radius 3 is 2.68 bits per heavy atom. The van der Waals surface area contributed by atoms with Gasteiger partial charge in [-0.2, -0.15) is 4.80 Å². The van der Waals surface area contributed by atoms with Crippen LogP contribution in [-0.4, -0.2) is 26.1 Å². The topological polar surface area (TPSA) is 72.7 Å². The number of carbonyl (C=O) groups excluding carboxylic acids is 1. The van der Waals surface area contributed by atoms with Crippen LogP contribution < -0.4 is 5.32 Å². The van der Waals surface area contributed by atoms with Crippen LogP contribution in [0.1, 0.15) is 13.0 Å². The number of hydrogen-bond acceptors (Lipinski definition) is 4. The molecule has 6 nitrogen and oxygen atoms in total. The van der Waals surface area contributed by atoms with Crippen LogP contribution in [0.2, 0.25) is 5.02 Å². The second kappa shape index (κ2) is 6.94. The van der Waals surface area contributed by atoms with E-state index in [1.807, 2.05) is 0 Å². The van der Waals surface area contributed by atoms with Gasteiger partial charge in [0, 0.05) is 5.56 Å². The number of halogens is 3. The van der Waals surface area contributed by atoms with Gasteiger partial charge >= 0.3 is 0 Å². The van der Waals surface area contributed by atoms with Crippen LogP contribution in [0.15, 0.2) is 42.5 Å². The number of aromatic nitrogens is 4. The summed E-state index contributed by atoms with van der Waals surface area (Å²) in [6.07, 6.45) is 0. The lowest BCUT2D eigenvalue weighted by molar-refractivity contribution is -0.119. The van der Waals surface area contributed by atoms with Gasteiger partial charge in [0.2, 0.25) is 5.82 Å². The van der Waals surface area contributed by atoms with Crippen molar-refractivity contribution in [1.82, 2.24) is 20.2 Å². The minimum Gasteiger partial charge on any atom is -0.323 e. The van der Waals surface area contributed by atoms with Crippen LogP contribution in [0.5, 0.6) is 0 Å². The molecule has 0 saturated heterocycles. The maximum absolute atomic E-state index is 13.3. The van der Waals surface area contributed by atoms with E-state index in [1.54, 1.807) is 13.0 Å². The predicted octanol–water partition coefficient (Wildman–Crippen LogP) is 3.47. The average Bonchev–Trinajstić information content (AvgIpc) is 3.06. The third-order valence-electron chi connectivity index (χ3n) is 3.43. The highest BCUT2D eigenvalue weighted by Gasteiger charge is 2.20. The molecule has 0 bridgehead atoms. The standard InChI is InChI=1S/C16H12ClF2N5O/c1-9(16(25)20-14-6-5-12(19)8-13(14)17)24-22-15(21-23-24)10-3-2-4-11(18)7-10/h2-9H,1H3,(H,20,25)/t9-/m1/s1. The first-order valence-corrected chi connectivity index (χ1v) is 7.63. The first-order valence-electron chi connectivity index (χ1n) is 7.25. The Hall–Kier alpha value is -2.87. The van der Waals surface area contributed by atoms with Gasteiger partial charge in [-0.3, -0.25) is 4.79 Å². The number of rotatable bonds is 4. The number of amides is 1. The molecule has 3 rings (SSSR count). The van der Waals surface area contributed by atoms with Crippen molar-refractivity contribution in [1.29, 1.82) is 0 Å². The second-order valence-corrected chi connectivity index (χ2v) is 5.64. The van der Waals surface area contributed by atoms with E-state index in [4.69, 9.17) is 11.6 Å². The van der Waals surface area contributed by atoms with Gasteiger partial charge in [-0.15, -0.1) is 10.2 Å². The Kier molecular flexibility index (Phi) is 4.71.